The summed E-state index contributed by atoms with van der Waals surface area (Å²) in [5.41, 5.74) is 2.50. The highest BCUT2D eigenvalue weighted by Gasteiger charge is 2.28. The largest absolute Gasteiger partial charge is 0.493 e. The van der Waals surface area contributed by atoms with E-state index >= 15 is 0 Å². The zero-order chi connectivity index (χ0) is 16.7. The van der Waals surface area contributed by atoms with Crippen molar-refractivity contribution < 1.29 is 19.0 Å². The number of carbonyl (C=O) groups is 1. The number of Topliss-reactive ketones (excluding diaryl/α,β-unsaturated/α-hetero) is 1. The molecule has 24 heavy (non-hydrogen) atoms. The van der Waals surface area contributed by atoms with E-state index in [4.69, 9.17) is 14.2 Å². The maximum atomic E-state index is 12.4. The molecule has 0 aromatic heterocycles. The van der Waals surface area contributed by atoms with E-state index in [1.165, 1.54) is 0 Å². The number of benzene rings is 3. The zero-order valence-corrected chi connectivity index (χ0v) is 13.5. The van der Waals surface area contributed by atoms with Gasteiger partial charge in [0, 0.05) is 5.56 Å². The van der Waals surface area contributed by atoms with Crippen molar-refractivity contribution in [3.63, 3.8) is 0 Å². The van der Waals surface area contributed by atoms with Crippen LogP contribution in [0.5, 0.6) is 17.2 Å². The number of hydrogen-bond acceptors (Lipinski definition) is 4. The van der Waals surface area contributed by atoms with Gasteiger partial charge in [0.2, 0.25) is 5.78 Å². The highest BCUT2D eigenvalue weighted by Crippen LogP contribution is 2.44. The first-order valence-electron chi connectivity index (χ1n) is 7.67. The number of methoxy groups -OCH3 is 2. The van der Waals surface area contributed by atoms with Crippen molar-refractivity contribution in [2.45, 2.75) is 0 Å². The second-order valence-electron chi connectivity index (χ2n) is 5.63. The number of rotatable bonds is 3. The van der Waals surface area contributed by atoms with Gasteiger partial charge in [-0.05, 0) is 34.5 Å². The molecule has 0 aliphatic carbocycles. The van der Waals surface area contributed by atoms with Gasteiger partial charge < -0.3 is 14.2 Å². The summed E-state index contributed by atoms with van der Waals surface area (Å²) in [4.78, 5) is 12.4. The molecule has 4 nitrogen and oxygen atoms in total. The van der Waals surface area contributed by atoms with Crippen LogP contribution < -0.4 is 14.2 Å². The Morgan fingerprint density at radius 1 is 0.917 bits per heavy atom. The molecule has 0 bridgehead atoms. The average molecular weight is 320 g/mol. The SMILES string of the molecule is COc1cc2cc3c(c(-c4ccccc4)c2cc1OC)C(=O)CO3. The van der Waals surface area contributed by atoms with Crippen molar-refractivity contribution in [3.8, 4) is 28.4 Å². The van der Waals surface area contributed by atoms with Crippen molar-refractivity contribution in [2.75, 3.05) is 20.8 Å². The number of ketones is 1. The van der Waals surface area contributed by atoms with E-state index in [0.717, 1.165) is 21.9 Å². The summed E-state index contributed by atoms with van der Waals surface area (Å²) in [6.45, 7) is 0.0831. The lowest BCUT2D eigenvalue weighted by Gasteiger charge is -2.15. The van der Waals surface area contributed by atoms with Crippen molar-refractivity contribution in [1.29, 1.82) is 0 Å². The quantitative estimate of drug-likeness (QED) is 0.729. The molecule has 0 atom stereocenters. The molecule has 3 aromatic rings. The molecule has 4 rings (SSSR count). The van der Waals surface area contributed by atoms with Gasteiger partial charge in [-0.1, -0.05) is 30.3 Å². The minimum Gasteiger partial charge on any atom is -0.493 e. The Hall–Kier alpha value is -3.01. The van der Waals surface area contributed by atoms with Gasteiger partial charge >= 0.3 is 0 Å². The molecule has 120 valence electrons. The molecule has 1 heterocycles. The third kappa shape index (κ3) is 2.11. The fourth-order valence-corrected chi connectivity index (χ4v) is 3.21. The van der Waals surface area contributed by atoms with Crippen LogP contribution in [0.25, 0.3) is 21.9 Å². The summed E-state index contributed by atoms with van der Waals surface area (Å²) in [6.07, 6.45) is 0. The van der Waals surface area contributed by atoms with Gasteiger partial charge in [-0.25, -0.2) is 0 Å². The molecule has 4 heteroatoms. The topological polar surface area (TPSA) is 44.8 Å². The molecule has 1 aliphatic heterocycles. The van der Waals surface area contributed by atoms with Gasteiger partial charge in [-0.3, -0.25) is 4.79 Å². The first-order chi connectivity index (χ1) is 11.7. The first kappa shape index (κ1) is 14.6. The van der Waals surface area contributed by atoms with Crippen LogP contribution in [0.3, 0.4) is 0 Å². The number of hydrogen-bond donors (Lipinski definition) is 0. The van der Waals surface area contributed by atoms with E-state index in [0.29, 0.717) is 22.8 Å². The fourth-order valence-electron chi connectivity index (χ4n) is 3.21. The lowest BCUT2D eigenvalue weighted by Crippen LogP contribution is -2.01. The second kappa shape index (κ2) is 5.57. The molecule has 0 unspecified atom stereocenters. The summed E-state index contributed by atoms with van der Waals surface area (Å²) >= 11 is 0. The Morgan fingerprint density at radius 3 is 2.33 bits per heavy atom. The minimum atomic E-state index is 0.000498. The highest BCUT2D eigenvalue weighted by molar-refractivity contribution is 6.15. The Morgan fingerprint density at radius 2 is 1.62 bits per heavy atom. The monoisotopic (exact) mass is 320 g/mol. The van der Waals surface area contributed by atoms with Gasteiger partial charge in [-0.2, -0.15) is 0 Å². The van der Waals surface area contributed by atoms with Crippen LogP contribution in [0.1, 0.15) is 10.4 Å². The van der Waals surface area contributed by atoms with Crippen LogP contribution in [0.2, 0.25) is 0 Å². The van der Waals surface area contributed by atoms with E-state index in [-0.39, 0.29) is 12.4 Å². The molecule has 0 saturated heterocycles. The molecule has 1 aliphatic rings. The molecule has 0 radical (unpaired) electrons. The fraction of sp³-hybridized carbons (Fsp3) is 0.150. The smallest absolute Gasteiger partial charge is 0.204 e. The summed E-state index contributed by atoms with van der Waals surface area (Å²) in [6, 6.07) is 15.6. The Balaban J connectivity index is 2.13. The van der Waals surface area contributed by atoms with Crippen LogP contribution in [0.4, 0.5) is 0 Å². The lowest BCUT2D eigenvalue weighted by atomic mass is 9.91. The molecular weight excluding hydrogens is 304 g/mol. The molecule has 0 spiro atoms. The molecule has 0 saturated carbocycles. The first-order valence-corrected chi connectivity index (χ1v) is 7.67. The number of carbonyl (C=O) groups excluding carboxylic acids is 1. The van der Waals surface area contributed by atoms with E-state index < -0.39 is 0 Å². The van der Waals surface area contributed by atoms with E-state index in [2.05, 4.69) is 0 Å². The normalized spacial score (nSPS) is 12.8. The Bertz CT molecular complexity index is 945. The van der Waals surface area contributed by atoms with E-state index in [9.17, 15) is 4.79 Å². The predicted octanol–water partition coefficient (Wildman–Crippen LogP) is 4.10. The second-order valence-corrected chi connectivity index (χ2v) is 5.63. The van der Waals surface area contributed by atoms with Crippen LogP contribution in [0, 0.1) is 0 Å². The van der Waals surface area contributed by atoms with Crippen LogP contribution in [-0.2, 0) is 0 Å². The average Bonchev–Trinajstić information content (AvgIpc) is 2.99. The van der Waals surface area contributed by atoms with Crippen molar-refractivity contribution in [1.82, 2.24) is 0 Å². The van der Waals surface area contributed by atoms with E-state index in [1.54, 1.807) is 14.2 Å². The third-order valence-corrected chi connectivity index (χ3v) is 4.31. The van der Waals surface area contributed by atoms with Crippen molar-refractivity contribution in [2.24, 2.45) is 0 Å². The standard InChI is InChI=1S/C20H16O4/c1-22-16-8-13-9-18-20(15(21)11-24-18)19(12-6-4-3-5-7-12)14(13)10-17(16)23-2/h3-10H,11H2,1-2H3. The van der Waals surface area contributed by atoms with Gasteiger partial charge in [0.05, 0.1) is 19.8 Å². The highest BCUT2D eigenvalue weighted by atomic mass is 16.5. The van der Waals surface area contributed by atoms with Gasteiger partial charge in [0.25, 0.3) is 0 Å². The summed E-state index contributed by atoms with van der Waals surface area (Å²) in [5, 5.41) is 1.89. The van der Waals surface area contributed by atoms with Crippen LogP contribution in [0.15, 0.2) is 48.5 Å². The maximum Gasteiger partial charge on any atom is 0.204 e. The molecule has 3 aromatic carbocycles. The van der Waals surface area contributed by atoms with Crippen molar-refractivity contribution in [3.05, 3.63) is 54.1 Å². The minimum absolute atomic E-state index is 0.000498. The third-order valence-electron chi connectivity index (χ3n) is 4.31. The number of ether oxygens (including phenoxy) is 3. The van der Waals surface area contributed by atoms with Crippen LogP contribution in [-0.4, -0.2) is 26.6 Å². The Kier molecular flexibility index (Phi) is 3.38. The van der Waals surface area contributed by atoms with Gasteiger partial charge in [-0.15, -0.1) is 0 Å². The lowest BCUT2D eigenvalue weighted by molar-refractivity contribution is 0.0961. The van der Waals surface area contributed by atoms with E-state index in [1.807, 2.05) is 48.5 Å². The maximum absolute atomic E-state index is 12.4. The number of fused-ring (bicyclic) bond motifs is 2. The molecular formula is C20H16O4. The van der Waals surface area contributed by atoms with Crippen LogP contribution >= 0.6 is 0 Å². The molecule has 0 N–H and O–H groups in total. The van der Waals surface area contributed by atoms with Crippen molar-refractivity contribution >= 4 is 16.6 Å². The zero-order valence-electron chi connectivity index (χ0n) is 13.5. The summed E-state index contributed by atoms with van der Waals surface area (Å²) in [5.74, 6) is 1.90. The predicted molar refractivity (Wildman–Crippen MR) is 92.3 cm³/mol. The molecule has 0 amide bonds. The van der Waals surface area contributed by atoms with Gasteiger partial charge in [0.15, 0.2) is 18.1 Å². The molecule has 0 fully saturated rings. The van der Waals surface area contributed by atoms with Gasteiger partial charge in [0.1, 0.15) is 5.75 Å². The summed E-state index contributed by atoms with van der Waals surface area (Å²) < 4.78 is 16.4. The Labute approximate surface area is 139 Å². The summed E-state index contributed by atoms with van der Waals surface area (Å²) in [7, 11) is 3.21.